The number of carbonyl (C=O) groups is 2. The van der Waals surface area contributed by atoms with Gasteiger partial charge in [0.2, 0.25) is 11.8 Å². The Kier molecular flexibility index (Phi) is 6.31. The van der Waals surface area contributed by atoms with Crippen LogP contribution in [0.5, 0.6) is 0 Å². The molecular weight excluding hydrogens is 423 g/mol. The van der Waals surface area contributed by atoms with Crippen molar-refractivity contribution in [2.75, 3.05) is 5.32 Å². The number of aryl methyl sites for hydroxylation is 1. The Hall–Kier alpha value is -2.49. The minimum absolute atomic E-state index is 0.131. The van der Waals surface area contributed by atoms with E-state index in [2.05, 4.69) is 20.9 Å². The number of benzene rings is 2. The minimum Gasteiger partial charge on any atom is -0.332 e. The van der Waals surface area contributed by atoms with Gasteiger partial charge in [-0.15, -0.1) is 11.8 Å². The molecule has 2 atom stereocenters. The number of rotatable bonds is 6. The van der Waals surface area contributed by atoms with E-state index in [0.717, 1.165) is 15.8 Å². The summed E-state index contributed by atoms with van der Waals surface area (Å²) in [6.45, 7) is 1.98. The van der Waals surface area contributed by atoms with Gasteiger partial charge in [-0.2, -0.15) is 0 Å². The van der Waals surface area contributed by atoms with Gasteiger partial charge in [0.25, 0.3) is 0 Å². The first-order valence-electron chi connectivity index (χ1n) is 9.54. The summed E-state index contributed by atoms with van der Waals surface area (Å²) in [5.41, 5.74) is 2.14. The van der Waals surface area contributed by atoms with Crippen molar-refractivity contribution in [3.05, 3.63) is 59.4 Å². The number of thioether (sulfide) groups is 1. The number of aromatic nitrogens is 1. The van der Waals surface area contributed by atoms with Crippen LogP contribution in [0.25, 0.3) is 10.2 Å². The molecule has 2 amide bonds. The largest absolute Gasteiger partial charge is 0.332 e. The fourth-order valence-corrected chi connectivity index (χ4v) is 5.33. The molecule has 0 aliphatic carbocycles. The zero-order chi connectivity index (χ0) is 21.1. The van der Waals surface area contributed by atoms with Gasteiger partial charge < -0.3 is 10.6 Å². The normalized spacial score (nSPS) is 18.9. The van der Waals surface area contributed by atoms with Crippen molar-refractivity contribution in [2.45, 2.75) is 37.1 Å². The molecule has 4 rings (SSSR count). The van der Waals surface area contributed by atoms with E-state index < -0.39 is 0 Å². The predicted molar refractivity (Wildman–Crippen MR) is 119 cm³/mol. The Labute approximate surface area is 181 Å². The number of nitrogens with one attached hydrogen (secondary N) is 3. The van der Waals surface area contributed by atoms with Crippen LogP contribution in [-0.2, 0) is 15.3 Å². The van der Waals surface area contributed by atoms with Crippen LogP contribution < -0.4 is 16.0 Å². The number of thiazole rings is 1. The Morgan fingerprint density at radius 2 is 2.13 bits per heavy atom. The Bertz CT molecular complexity index is 1090. The zero-order valence-corrected chi connectivity index (χ0v) is 17.9. The molecule has 0 bridgehead atoms. The molecule has 9 heteroatoms. The van der Waals surface area contributed by atoms with Crippen LogP contribution in [0.3, 0.4) is 0 Å². The Morgan fingerprint density at radius 1 is 1.30 bits per heavy atom. The Balaban J connectivity index is 1.33. The van der Waals surface area contributed by atoms with Gasteiger partial charge in [-0.3, -0.25) is 14.9 Å². The van der Waals surface area contributed by atoms with Crippen LogP contribution in [0.4, 0.5) is 9.52 Å². The first-order chi connectivity index (χ1) is 14.5. The number of hydrogen-bond donors (Lipinski definition) is 3. The van der Waals surface area contributed by atoms with Gasteiger partial charge in [-0.1, -0.05) is 41.7 Å². The van der Waals surface area contributed by atoms with Gasteiger partial charge in [0.15, 0.2) is 5.13 Å². The Morgan fingerprint density at radius 3 is 2.93 bits per heavy atom. The van der Waals surface area contributed by atoms with Gasteiger partial charge in [-0.05, 0) is 30.2 Å². The number of halogens is 1. The summed E-state index contributed by atoms with van der Waals surface area (Å²) in [5, 5.41) is 9.48. The third-order valence-corrected chi connectivity index (χ3v) is 6.77. The van der Waals surface area contributed by atoms with Gasteiger partial charge in [-0.25, -0.2) is 9.37 Å². The summed E-state index contributed by atoms with van der Waals surface area (Å²) in [6, 6.07) is 12.2. The summed E-state index contributed by atoms with van der Waals surface area (Å²) in [7, 11) is 0. The van der Waals surface area contributed by atoms with Crippen molar-refractivity contribution in [1.29, 1.82) is 0 Å². The maximum atomic E-state index is 13.8. The van der Waals surface area contributed by atoms with E-state index in [4.69, 9.17) is 0 Å². The lowest BCUT2D eigenvalue weighted by Gasteiger charge is -2.30. The van der Waals surface area contributed by atoms with Gasteiger partial charge in [0.1, 0.15) is 11.3 Å². The summed E-state index contributed by atoms with van der Waals surface area (Å²) in [6.07, 6.45) is 0.363. The highest BCUT2D eigenvalue weighted by Gasteiger charge is 2.28. The molecule has 2 heterocycles. The van der Waals surface area contributed by atoms with Crippen molar-refractivity contribution in [3.63, 3.8) is 0 Å². The second kappa shape index (κ2) is 9.11. The fraction of sp³-hybridized carbons (Fsp3) is 0.286. The molecule has 1 aliphatic heterocycles. The molecule has 0 spiro atoms. The van der Waals surface area contributed by atoms with Crippen LogP contribution in [0.2, 0.25) is 0 Å². The lowest BCUT2D eigenvalue weighted by Crippen LogP contribution is -2.55. The van der Waals surface area contributed by atoms with E-state index in [1.807, 2.05) is 25.1 Å². The van der Waals surface area contributed by atoms with E-state index >= 15 is 0 Å². The highest BCUT2D eigenvalue weighted by Crippen LogP contribution is 2.28. The molecule has 30 heavy (non-hydrogen) atoms. The maximum absolute atomic E-state index is 13.8. The summed E-state index contributed by atoms with van der Waals surface area (Å²) in [4.78, 5) is 29.1. The fourth-order valence-electron chi connectivity index (χ4n) is 3.29. The molecule has 3 aromatic rings. The van der Waals surface area contributed by atoms with Crippen LogP contribution in [0.1, 0.15) is 24.0 Å². The maximum Gasteiger partial charge on any atom is 0.227 e. The summed E-state index contributed by atoms with van der Waals surface area (Å²) < 4.78 is 14.8. The van der Waals surface area contributed by atoms with Gasteiger partial charge >= 0.3 is 0 Å². The number of amides is 2. The van der Waals surface area contributed by atoms with Crippen LogP contribution in [0.15, 0.2) is 42.5 Å². The standard InChI is InChI=1S/C21H21FN4O2S2/c1-12-5-4-8-16-19(12)26-21(30-16)25-18(28)10-14-9-17(27)24-20(23-14)29-11-13-6-2-3-7-15(13)22/h2-8,14,20,23H,9-11H2,1H3,(H,24,27)(H,25,26,28). The summed E-state index contributed by atoms with van der Waals surface area (Å²) >= 11 is 2.81. The molecule has 2 unspecified atom stereocenters. The quantitative estimate of drug-likeness (QED) is 0.539. The monoisotopic (exact) mass is 444 g/mol. The number of nitrogens with zero attached hydrogens (tertiary/aromatic N) is 1. The molecule has 3 N–H and O–H groups in total. The lowest BCUT2D eigenvalue weighted by atomic mass is 10.1. The number of anilines is 1. The lowest BCUT2D eigenvalue weighted by molar-refractivity contribution is -0.124. The molecule has 1 aromatic heterocycles. The minimum atomic E-state index is -0.381. The molecule has 1 saturated heterocycles. The van der Waals surface area contributed by atoms with Crippen LogP contribution in [0, 0.1) is 12.7 Å². The number of para-hydroxylation sites is 1. The smallest absolute Gasteiger partial charge is 0.227 e. The first-order valence-corrected chi connectivity index (χ1v) is 11.4. The molecule has 156 valence electrons. The second-order valence-corrected chi connectivity index (χ2v) is 9.23. The van der Waals surface area contributed by atoms with Crippen molar-refractivity contribution in [2.24, 2.45) is 0 Å². The van der Waals surface area contributed by atoms with Crippen molar-refractivity contribution >= 4 is 50.3 Å². The molecule has 0 saturated carbocycles. The molecule has 2 aromatic carbocycles. The van der Waals surface area contributed by atoms with E-state index in [1.54, 1.807) is 18.2 Å². The SMILES string of the molecule is Cc1cccc2sc(NC(=O)CC3CC(=O)NC(SCc4ccccc4F)N3)nc12. The van der Waals surface area contributed by atoms with E-state index in [0.29, 0.717) is 16.4 Å². The van der Waals surface area contributed by atoms with Gasteiger partial charge in [0.05, 0.1) is 10.2 Å². The van der Waals surface area contributed by atoms with E-state index in [1.165, 1.54) is 29.2 Å². The average Bonchev–Trinajstić information content (AvgIpc) is 3.10. The first kappa shape index (κ1) is 20.8. The molecular formula is C21H21FN4O2S2. The summed E-state index contributed by atoms with van der Waals surface area (Å²) in [5.74, 6) is -0.187. The zero-order valence-electron chi connectivity index (χ0n) is 16.3. The van der Waals surface area contributed by atoms with Crippen molar-refractivity contribution in [3.8, 4) is 0 Å². The highest BCUT2D eigenvalue weighted by molar-refractivity contribution is 7.99. The molecule has 1 aliphatic rings. The third-order valence-electron chi connectivity index (χ3n) is 4.77. The van der Waals surface area contributed by atoms with E-state index in [9.17, 15) is 14.0 Å². The number of fused-ring (bicyclic) bond motifs is 1. The van der Waals surface area contributed by atoms with Gasteiger partial charge in [0, 0.05) is 24.6 Å². The molecule has 0 radical (unpaired) electrons. The number of carbonyl (C=O) groups excluding carboxylic acids is 2. The van der Waals surface area contributed by atoms with E-state index in [-0.39, 0.29) is 42.0 Å². The van der Waals surface area contributed by atoms with Crippen molar-refractivity contribution < 1.29 is 14.0 Å². The highest BCUT2D eigenvalue weighted by atomic mass is 32.2. The van der Waals surface area contributed by atoms with Crippen LogP contribution in [-0.4, -0.2) is 28.3 Å². The molecule has 6 nitrogen and oxygen atoms in total. The third kappa shape index (κ3) is 4.97. The van der Waals surface area contributed by atoms with Crippen molar-refractivity contribution in [1.82, 2.24) is 15.6 Å². The predicted octanol–water partition coefficient (Wildman–Crippen LogP) is 3.77. The average molecular weight is 445 g/mol. The number of hydrogen-bond acceptors (Lipinski definition) is 6. The topological polar surface area (TPSA) is 83.1 Å². The van der Waals surface area contributed by atoms with Crippen LogP contribution >= 0.6 is 23.1 Å². The second-order valence-electron chi connectivity index (χ2n) is 7.11. The molecule has 1 fully saturated rings.